The molecule has 0 amide bonds. The molecule has 0 saturated heterocycles. The molecule has 0 aromatic rings. The number of carbonyl (C=O) groups excluding carboxylic acids is 1. The molecule has 96 valence electrons. The van der Waals surface area contributed by atoms with Crippen LogP contribution in [0.1, 0.15) is 20.3 Å². The van der Waals surface area contributed by atoms with Crippen LogP contribution in [0.15, 0.2) is 5.11 Å². The fourth-order valence-electron chi connectivity index (χ4n) is 0.814. The Kier molecular flexibility index (Phi) is 9.60. The summed E-state index contributed by atoms with van der Waals surface area (Å²) >= 11 is 6.05. The molecule has 0 N–H and O–H groups in total. The van der Waals surface area contributed by atoms with Crippen molar-refractivity contribution in [1.82, 2.24) is 0 Å². The second-order valence-corrected chi connectivity index (χ2v) is 4.86. The molecule has 6 nitrogen and oxygen atoms in total. The normalized spacial score (nSPS) is 11.2. The van der Waals surface area contributed by atoms with Crippen LogP contribution in [-0.2, 0) is 14.3 Å². The highest BCUT2D eigenvalue weighted by atomic mass is 32.2. The number of thiocarbonyl (C=S) groups is 1. The molecule has 0 rings (SSSR count). The summed E-state index contributed by atoms with van der Waals surface area (Å²) in [5.74, 6) is -0.349. The first-order valence-electron chi connectivity index (χ1n) is 5.12. The number of rotatable bonds is 7. The molecule has 0 radical (unpaired) electrons. The predicted octanol–water partition coefficient (Wildman–Crippen LogP) is 2.67. The van der Waals surface area contributed by atoms with E-state index in [1.807, 2.05) is 6.92 Å². The van der Waals surface area contributed by atoms with Gasteiger partial charge in [-0.2, -0.15) is 0 Å². The summed E-state index contributed by atoms with van der Waals surface area (Å²) in [5, 5.41) is 2.93. The molecule has 0 heterocycles. The Morgan fingerprint density at radius 2 is 2.29 bits per heavy atom. The molecule has 1 atom stereocenters. The zero-order valence-corrected chi connectivity index (χ0v) is 11.4. The van der Waals surface area contributed by atoms with E-state index in [4.69, 9.17) is 27.2 Å². The minimum atomic E-state index is -0.395. The zero-order valence-electron chi connectivity index (χ0n) is 9.79. The first-order chi connectivity index (χ1) is 8.11. The van der Waals surface area contributed by atoms with Crippen LogP contribution < -0.4 is 0 Å². The monoisotopic (exact) mass is 277 g/mol. The molecule has 0 bridgehead atoms. The van der Waals surface area contributed by atoms with Gasteiger partial charge in [-0.25, -0.2) is 0 Å². The van der Waals surface area contributed by atoms with Crippen molar-refractivity contribution in [2.24, 2.45) is 5.11 Å². The molecule has 0 aromatic heterocycles. The van der Waals surface area contributed by atoms with E-state index < -0.39 is 5.25 Å². The van der Waals surface area contributed by atoms with Crippen molar-refractivity contribution in [2.45, 2.75) is 25.5 Å². The number of nitrogens with zero attached hydrogens (tertiary/aromatic N) is 3. The summed E-state index contributed by atoms with van der Waals surface area (Å²) in [6, 6.07) is 0. The van der Waals surface area contributed by atoms with Gasteiger partial charge in [0.2, 0.25) is 4.38 Å². The molecule has 0 spiro atoms. The van der Waals surface area contributed by atoms with Crippen molar-refractivity contribution >= 4 is 34.3 Å². The van der Waals surface area contributed by atoms with Crippen LogP contribution in [0.5, 0.6) is 0 Å². The Balaban J connectivity index is 3.74. The predicted molar refractivity (Wildman–Crippen MR) is 70.9 cm³/mol. The Labute approximate surface area is 110 Å². The second-order valence-electron chi connectivity index (χ2n) is 2.92. The topological polar surface area (TPSA) is 84.3 Å². The number of esters is 1. The van der Waals surface area contributed by atoms with Crippen LogP contribution in [0.2, 0.25) is 0 Å². The number of ether oxygens (including phenoxy) is 2. The Bertz CT molecular complexity index is 306. The van der Waals surface area contributed by atoms with Gasteiger partial charge in [-0.05, 0) is 38.0 Å². The van der Waals surface area contributed by atoms with Crippen molar-refractivity contribution < 1.29 is 14.3 Å². The lowest BCUT2D eigenvalue weighted by atomic mass is 10.4. The lowest BCUT2D eigenvalue weighted by Gasteiger charge is -2.11. The lowest BCUT2D eigenvalue weighted by molar-refractivity contribution is -0.142. The average molecular weight is 277 g/mol. The number of hydrogen-bond acceptors (Lipinski definition) is 6. The average Bonchev–Trinajstić information content (AvgIpc) is 2.28. The molecule has 0 aliphatic heterocycles. The van der Waals surface area contributed by atoms with Crippen LogP contribution >= 0.6 is 24.0 Å². The minimum absolute atomic E-state index is 0.240. The van der Waals surface area contributed by atoms with Crippen molar-refractivity contribution in [2.75, 3.05) is 19.8 Å². The van der Waals surface area contributed by atoms with Crippen LogP contribution in [0.3, 0.4) is 0 Å². The molecule has 0 saturated carbocycles. The van der Waals surface area contributed by atoms with Crippen LogP contribution in [0.25, 0.3) is 10.4 Å². The van der Waals surface area contributed by atoms with E-state index in [-0.39, 0.29) is 12.6 Å². The van der Waals surface area contributed by atoms with Gasteiger partial charge in [-0.15, -0.1) is 0 Å². The largest absolute Gasteiger partial charge is 0.479 e. The third-order valence-corrected chi connectivity index (χ3v) is 2.84. The molecule has 0 fully saturated rings. The third-order valence-electron chi connectivity index (χ3n) is 1.58. The molecular formula is C9H15N3O3S2. The van der Waals surface area contributed by atoms with E-state index in [0.717, 1.165) is 11.8 Å². The maximum atomic E-state index is 11.5. The summed E-state index contributed by atoms with van der Waals surface area (Å²) in [7, 11) is 0. The highest BCUT2D eigenvalue weighted by molar-refractivity contribution is 8.23. The van der Waals surface area contributed by atoms with E-state index in [1.54, 1.807) is 6.92 Å². The van der Waals surface area contributed by atoms with E-state index in [1.165, 1.54) is 0 Å². The van der Waals surface area contributed by atoms with E-state index in [0.29, 0.717) is 24.0 Å². The number of thioether (sulfide) groups is 1. The molecular weight excluding hydrogens is 262 g/mol. The summed E-state index contributed by atoms with van der Waals surface area (Å²) in [5.41, 5.74) is 8.03. The summed E-state index contributed by atoms with van der Waals surface area (Å²) in [6.45, 7) is 4.57. The number of hydrogen-bond donors (Lipinski definition) is 0. The SMILES string of the molecule is CCOC(=S)SC(C)C(=O)OCCCN=[N+]=[N-]. The van der Waals surface area contributed by atoms with E-state index in [9.17, 15) is 4.79 Å². The smallest absolute Gasteiger partial charge is 0.319 e. The van der Waals surface area contributed by atoms with Gasteiger partial charge < -0.3 is 9.47 Å². The summed E-state index contributed by atoms with van der Waals surface area (Å²) in [4.78, 5) is 14.0. The standard InChI is InChI=1S/C9H15N3O3S2/c1-3-14-9(16)17-7(2)8(13)15-6-4-5-11-12-10/h7H,3-6H2,1-2H3. The third kappa shape index (κ3) is 8.79. The Morgan fingerprint density at radius 3 is 2.88 bits per heavy atom. The summed E-state index contributed by atoms with van der Waals surface area (Å²) in [6.07, 6.45) is 0.517. The van der Waals surface area contributed by atoms with Gasteiger partial charge >= 0.3 is 5.97 Å². The van der Waals surface area contributed by atoms with Gasteiger partial charge in [0.25, 0.3) is 0 Å². The van der Waals surface area contributed by atoms with E-state index >= 15 is 0 Å². The van der Waals surface area contributed by atoms with E-state index in [2.05, 4.69) is 10.0 Å². The zero-order chi connectivity index (χ0) is 13.1. The molecule has 0 aliphatic rings. The minimum Gasteiger partial charge on any atom is -0.479 e. The molecule has 0 aromatic carbocycles. The van der Waals surface area contributed by atoms with Gasteiger partial charge in [0.15, 0.2) is 0 Å². The van der Waals surface area contributed by atoms with Crippen LogP contribution in [-0.4, -0.2) is 35.4 Å². The maximum absolute atomic E-state index is 11.5. The quantitative estimate of drug-likeness (QED) is 0.178. The molecule has 17 heavy (non-hydrogen) atoms. The van der Waals surface area contributed by atoms with Crippen molar-refractivity contribution in [3.63, 3.8) is 0 Å². The number of carbonyl (C=O) groups is 1. The first kappa shape index (κ1) is 16.0. The van der Waals surface area contributed by atoms with Crippen LogP contribution in [0, 0.1) is 0 Å². The van der Waals surface area contributed by atoms with Crippen molar-refractivity contribution in [3.8, 4) is 0 Å². The fourth-order valence-corrected chi connectivity index (χ4v) is 2.00. The summed E-state index contributed by atoms with van der Waals surface area (Å²) < 4.78 is 10.4. The Hall–Kier alpha value is -0.980. The van der Waals surface area contributed by atoms with Gasteiger partial charge in [0, 0.05) is 11.5 Å². The molecule has 8 heteroatoms. The molecule has 1 unspecified atom stereocenters. The maximum Gasteiger partial charge on any atom is 0.319 e. The molecule has 0 aliphatic carbocycles. The van der Waals surface area contributed by atoms with Gasteiger partial charge in [0.05, 0.1) is 13.2 Å². The second kappa shape index (κ2) is 10.2. The Morgan fingerprint density at radius 1 is 1.59 bits per heavy atom. The highest BCUT2D eigenvalue weighted by Gasteiger charge is 2.17. The highest BCUT2D eigenvalue weighted by Crippen LogP contribution is 2.15. The first-order valence-corrected chi connectivity index (χ1v) is 6.41. The van der Waals surface area contributed by atoms with Crippen molar-refractivity contribution in [1.29, 1.82) is 0 Å². The van der Waals surface area contributed by atoms with Crippen LogP contribution in [0.4, 0.5) is 0 Å². The van der Waals surface area contributed by atoms with Gasteiger partial charge in [0.1, 0.15) is 5.25 Å². The fraction of sp³-hybridized carbons (Fsp3) is 0.778. The van der Waals surface area contributed by atoms with Gasteiger partial charge in [-0.1, -0.05) is 16.9 Å². The lowest BCUT2D eigenvalue weighted by Crippen LogP contribution is -2.19. The van der Waals surface area contributed by atoms with Crippen molar-refractivity contribution in [3.05, 3.63) is 10.4 Å². The number of azide groups is 1. The van der Waals surface area contributed by atoms with Gasteiger partial charge in [-0.3, -0.25) is 4.79 Å².